The Morgan fingerprint density at radius 2 is 1.89 bits per heavy atom. The number of aromatic amines is 1. The fourth-order valence-corrected chi connectivity index (χ4v) is 6.06. The minimum Gasteiger partial charge on any atom is -0.493 e. The van der Waals surface area contributed by atoms with Crippen LogP contribution in [-0.4, -0.2) is 82.0 Å². The van der Waals surface area contributed by atoms with Gasteiger partial charge in [-0.05, 0) is 37.3 Å². The summed E-state index contributed by atoms with van der Waals surface area (Å²) in [7, 11) is 1.67. The van der Waals surface area contributed by atoms with Crippen LogP contribution in [0.1, 0.15) is 43.7 Å². The Kier molecular flexibility index (Phi) is 6.05. The molecule has 4 aromatic heterocycles. The summed E-state index contributed by atoms with van der Waals surface area (Å²) in [5.41, 5.74) is 6.44. The quantitative estimate of drug-likeness (QED) is 0.453. The van der Waals surface area contributed by atoms with Gasteiger partial charge in [-0.25, -0.2) is 14.5 Å². The van der Waals surface area contributed by atoms with Crippen molar-refractivity contribution in [1.29, 1.82) is 0 Å². The molecular formula is C27H35N7O2. The van der Waals surface area contributed by atoms with Crippen LogP contribution in [0.4, 0.5) is 5.82 Å². The summed E-state index contributed by atoms with van der Waals surface area (Å²) in [6.07, 6.45) is 7.92. The number of ether oxygens (including phenoxy) is 2. The fourth-order valence-electron chi connectivity index (χ4n) is 6.06. The number of nitrogens with zero attached hydrogens (tertiary/aromatic N) is 6. The van der Waals surface area contributed by atoms with Gasteiger partial charge in [-0.15, -0.1) is 0 Å². The highest BCUT2D eigenvalue weighted by Crippen LogP contribution is 2.40. The van der Waals surface area contributed by atoms with Crippen molar-refractivity contribution < 1.29 is 9.47 Å². The van der Waals surface area contributed by atoms with Crippen LogP contribution in [0.25, 0.3) is 27.8 Å². The topological polar surface area (TPSA) is 83.8 Å². The van der Waals surface area contributed by atoms with Crippen LogP contribution in [0.2, 0.25) is 0 Å². The number of aryl methyl sites for hydroxylation is 1. The molecule has 0 radical (unpaired) electrons. The standard InChI is InChI=1S/C27H35N7O2/c1-17(2)23-24-18(3)26(33-7-5-20(6-8-33)32-9-11-36-12-10-32)28-14-21(24)31-25(23)19-13-22(35-4)27-29-16-30-34(27)15-19/h13-17,20,31H,5-12H2,1-4H3. The summed E-state index contributed by atoms with van der Waals surface area (Å²) >= 11 is 0. The van der Waals surface area contributed by atoms with Gasteiger partial charge in [0, 0.05) is 54.9 Å². The first kappa shape index (κ1) is 23.2. The first-order valence-electron chi connectivity index (χ1n) is 13.0. The van der Waals surface area contributed by atoms with E-state index in [4.69, 9.17) is 14.5 Å². The van der Waals surface area contributed by atoms with Crippen LogP contribution in [-0.2, 0) is 4.74 Å². The Balaban J connectivity index is 1.36. The molecule has 0 unspecified atom stereocenters. The van der Waals surface area contributed by atoms with Crippen molar-refractivity contribution in [2.45, 2.75) is 45.6 Å². The number of anilines is 1. The van der Waals surface area contributed by atoms with Crippen molar-refractivity contribution in [2.24, 2.45) is 0 Å². The van der Waals surface area contributed by atoms with Crippen molar-refractivity contribution in [3.63, 3.8) is 0 Å². The molecule has 0 atom stereocenters. The van der Waals surface area contributed by atoms with Crippen LogP contribution < -0.4 is 9.64 Å². The molecule has 0 bridgehead atoms. The lowest BCUT2D eigenvalue weighted by Crippen LogP contribution is -2.49. The highest BCUT2D eigenvalue weighted by Gasteiger charge is 2.28. The van der Waals surface area contributed by atoms with Gasteiger partial charge in [-0.3, -0.25) is 4.90 Å². The van der Waals surface area contributed by atoms with Gasteiger partial charge in [0.25, 0.3) is 0 Å². The van der Waals surface area contributed by atoms with E-state index in [1.165, 1.54) is 29.4 Å². The lowest BCUT2D eigenvalue weighted by atomic mass is 9.94. The van der Waals surface area contributed by atoms with E-state index in [9.17, 15) is 0 Å². The first-order valence-corrected chi connectivity index (χ1v) is 13.0. The maximum atomic E-state index is 5.63. The first-order chi connectivity index (χ1) is 17.5. The molecule has 6 heterocycles. The second-order valence-electron chi connectivity index (χ2n) is 10.3. The number of pyridine rings is 2. The van der Waals surface area contributed by atoms with Gasteiger partial charge in [-0.2, -0.15) is 5.10 Å². The lowest BCUT2D eigenvalue weighted by molar-refractivity contribution is 0.0114. The van der Waals surface area contributed by atoms with E-state index in [0.29, 0.717) is 23.4 Å². The number of methoxy groups -OCH3 is 1. The van der Waals surface area contributed by atoms with E-state index in [1.807, 2.05) is 18.5 Å². The maximum absolute atomic E-state index is 5.63. The van der Waals surface area contributed by atoms with E-state index >= 15 is 0 Å². The van der Waals surface area contributed by atoms with Crippen LogP contribution in [0, 0.1) is 6.92 Å². The van der Waals surface area contributed by atoms with E-state index in [1.54, 1.807) is 18.0 Å². The maximum Gasteiger partial charge on any atom is 0.197 e. The second-order valence-corrected chi connectivity index (χ2v) is 10.3. The number of nitrogens with one attached hydrogen (secondary N) is 1. The Labute approximate surface area is 211 Å². The highest BCUT2D eigenvalue weighted by atomic mass is 16.5. The summed E-state index contributed by atoms with van der Waals surface area (Å²) in [6, 6.07) is 2.70. The van der Waals surface area contributed by atoms with Gasteiger partial charge in [-0.1, -0.05) is 13.8 Å². The molecule has 36 heavy (non-hydrogen) atoms. The monoisotopic (exact) mass is 489 g/mol. The average Bonchev–Trinajstić information content (AvgIpc) is 3.54. The molecule has 0 spiro atoms. The molecular weight excluding hydrogens is 454 g/mol. The minimum absolute atomic E-state index is 0.326. The molecule has 9 nitrogen and oxygen atoms in total. The van der Waals surface area contributed by atoms with Crippen LogP contribution in [0.15, 0.2) is 24.8 Å². The van der Waals surface area contributed by atoms with Crippen molar-refractivity contribution in [3.05, 3.63) is 35.9 Å². The third-order valence-corrected chi connectivity index (χ3v) is 7.85. The second kappa shape index (κ2) is 9.37. The van der Waals surface area contributed by atoms with E-state index in [-0.39, 0.29) is 0 Å². The molecule has 2 aliphatic rings. The molecule has 190 valence electrons. The van der Waals surface area contributed by atoms with Crippen LogP contribution in [0.5, 0.6) is 5.75 Å². The Morgan fingerprint density at radius 1 is 1.11 bits per heavy atom. The number of aromatic nitrogens is 5. The van der Waals surface area contributed by atoms with Crippen molar-refractivity contribution in [3.8, 4) is 17.0 Å². The van der Waals surface area contributed by atoms with Crippen LogP contribution >= 0.6 is 0 Å². The van der Waals surface area contributed by atoms with Crippen molar-refractivity contribution in [2.75, 3.05) is 51.4 Å². The Hall–Kier alpha value is -3.17. The molecule has 0 aliphatic carbocycles. The Bertz CT molecular complexity index is 1380. The summed E-state index contributed by atoms with van der Waals surface area (Å²) in [6.45, 7) is 12.7. The predicted octanol–water partition coefficient (Wildman–Crippen LogP) is 4.01. The third kappa shape index (κ3) is 3.90. The zero-order chi connectivity index (χ0) is 24.8. The zero-order valence-corrected chi connectivity index (χ0v) is 21.6. The van der Waals surface area contributed by atoms with Gasteiger partial charge in [0.1, 0.15) is 12.1 Å². The zero-order valence-electron chi connectivity index (χ0n) is 21.6. The largest absolute Gasteiger partial charge is 0.493 e. The molecule has 0 amide bonds. The smallest absolute Gasteiger partial charge is 0.197 e. The molecule has 6 rings (SSSR count). The van der Waals surface area contributed by atoms with Gasteiger partial charge in [0.2, 0.25) is 0 Å². The molecule has 9 heteroatoms. The normalized spacial score (nSPS) is 18.1. The average molecular weight is 490 g/mol. The number of morpholine rings is 1. The number of H-pyrrole nitrogens is 1. The third-order valence-electron chi connectivity index (χ3n) is 7.85. The summed E-state index contributed by atoms with van der Waals surface area (Å²) < 4.78 is 13.0. The summed E-state index contributed by atoms with van der Waals surface area (Å²) in [5.74, 6) is 2.14. The molecule has 0 saturated carbocycles. The molecule has 0 aromatic carbocycles. The summed E-state index contributed by atoms with van der Waals surface area (Å²) in [5, 5.41) is 5.63. The van der Waals surface area contributed by atoms with Crippen LogP contribution in [0.3, 0.4) is 0 Å². The predicted molar refractivity (Wildman–Crippen MR) is 141 cm³/mol. The molecule has 4 aromatic rings. The fraction of sp³-hybridized carbons (Fsp3) is 0.519. The molecule has 2 saturated heterocycles. The van der Waals surface area contributed by atoms with Gasteiger partial charge < -0.3 is 19.4 Å². The summed E-state index contributed by atoms with van der Waals surface area (Å²) in [4.78, 5) is 18.1. The number of hydrogen-bond acceptors (Lipinski definition) is 7. The number of hydrogen-bond donors (Lipinski definition) is 1. The van der Waals surface area contributed by atoms with Gasteiger partial charge >= 0.3 is 0 Å². The number of piperidine rings is 1. The molecule has 2 aliphatic heterocycles. The SMILES string of the molecule is COc1cc(-c2[nH]c3cnc(N4CCC(N5CCOCC5)CC4)c(C)c3c2C(C)C)cn2ncnc12. The number of fused-ring (bicyclic) bond motifs is 2. The molecule has 1 N–H and O–H groups in total. The van der Waals surface area contributed by atoms with Crippen molar-refractivity contribution >= 4 is 22.4 Å². The highest BCUT2D eigenvalue weighted by molar-refractivity contribution is 5.95. The van der Waals surface area contributed by atoms with E-state index in [0.717, 1.165) is 62.0 Å². The Morgan fingerprint density at radius 3 is 2.61 bits per heavy atom. The number of rotatable bonds is 5. The minimum atomic E-state index is 0.326. The van der Waals surface area contributed by atoms with Gasteiger partial charge in [0.05, 0.1) is 37.7 Å². The van der Waals surface area contributed by atoms with E-state index < -0.39 is 0 Å². The molecule has 2 fully saturated rings. The van der Waals surface area contributed by atoms with Crippen molar-refractivity contribution in [1.82, 2.24) is 29.5 Å². The van der Waals surface area contributed by atoms with E-state index in [2.05, 4.69) is 45.6 Å². The van der Waals surface area contributed by atoms with Gasteiger partial charge in [0.15, 0.2) is 11.4 Å². The lowest BCUT2D eigenvalue weighted by Gasteiger charge is -2.40.